The molecule has 0 aliphatic rings. The number of rotatable bonds is 7. The first-order chi connectivity index (χ1) is 13.2. The third-order valence-electron chi connectivity index (χ3n) is 4.36. The van der Waals surface area contributed by atoms with Crippen LogP contribution in [0, 0.1) is 5.82 Å². The monoisotopic (exact) mass is 380 g/mol. The van der Waals surface area contributed by atoms with E-state index in [2.05, 4.69) is 24.3 Å². The van der Waals surface area contributed by atoms with Crippen LogP contribution in [0.5, 0.6) is 5.75 Å². The number of hydrogen-bond donors (Lipinski definition) is 0. The molecule has 0 radical (unpaired) electrons. The van der Waals surface area contributed by atoms with Crippen LogP contribution in [0.25, 0.3) is 11.1 Å². The Balaban J connectivity index is 2.19. The Bertz CT molecular complexity index is 884. The third-order valence-corrected chi connectivity index (χ3v) is 4.54. The summed E-state index contributed by atoms with van der Waals surface area (Å²) in [6.07, 6.45) is 0.685. The molecule has 27 heavy (non-hydrogen) atoms. The topological polar surface area (TPSA) is 9.23 Å². The number of allylic oxidation sites excluding steroid dienone is 1. The average Bonchev–Trinajstić information content (AvgIpc) is 2.71. The van der Waals surface area contributed by atoms with Crippen molar-refractivity contribution >= 4 is 22.7 Å². The van der Waals surface area contributed by atoms with Crippen molar-refractivity contribution in [2.75, 3.05) is 12.5 Å². The summed E-state index contributed by atoms with van der Waals surface area (Å²) in [6, 6.07) is 24.9. The second-order valence-corrected chi connectivity index (χ2v) is 6.50. The maximum atomic E-state index is 13.4. The molecule has 0 aromatic heterocycles. The van der Waals surface area contributed by atoms with Crippen molar-refractivity contribution in [3.8, 4) is 5.75 Å². The molecule has 0 saturated heterocycles. The van der Waals surface area contributed by atoms with E-state index in [1.54, 1.807) is 0 Å². The van der Waals surface area contributed by atoms with Gasteiger partial charge in [0, 0.05) is 5.88 Å². The molecule has 1 nitrogen and oxygen atoms in total. The lowest BCUT2D eigenvalue weighted by atomic mass is 9.88. The van der Waals surface area contributed by atoms with E-state index in [4.69, 9.17) is 16.3 Å². The van der Waals surface area contributed by atoms with Crippen LogP contribution in [0.2, 0.25) is 0 Å². The van der Waals surface area contributed by atoms with Crippen molar-refractivity contribution in [3.63, 3.8) is 0 Å². The molecule has 0 atom stereocenters. The fourth-order valence-corrected chi connectivity index (χ4v) is 3.35. The minimum atomic E-state index is -0.244. The lowest BCUT2D eigenvalue weighted by molar-refractivity contribution is 0.340. The van der Waals surface area contributed by atoms with E-state index in [0.29, 0.717) is 18.9 Å². The Morgan fingerprint density at radius 3 is 2.00 bits per heavy atom. The van der Waals surface area contributed by atoms with Crippen LogP contribution in [-0.2, 0) is 0 Å². The Kier molecular flexibility index (Phi) is 6.67. The van der Waals surface area contributed by atoms with E-state index >= 15 is 0 Å². The Morgan fingerprint density at radius 1 is 0.815 bits per heavy atom. The second kappa shape index (κ2) is 9.38. The fourth-order valence-electron chi connectivity index (χ4n) is 3.16. The van der Waals surface area contributed by atoms with Gasteiger partial charge in [0.25, 0.3) is 0 Å². The van der Waals surface area contributed by atoms with E-state index in [1.165, 1.54) is 12.1 Å². The van der Waals surface area contributed by atoms with E-state index in [9.17, 15) is 4.39 Å². The quantitative estimate of drug-likeness (QED) is 0.323. The van der Waals surface area contributed by atoms with Crippen LogP contribution >= 0.6 is 11.6 Å². The molecule has 0 amide bonds. The van der Waals surface area contributed by atoms with Gasteiger partial charge in [0.1, 0.15) is 11.6 Å². The molecule has 0 fully saturated rings. The van der Waals surface area contributed by atoms with E-state index < -0.39 is 0 Å². The van der Waals surface area contributed by atoms with Gasteiger partial charge >= 0.3 is 0 Å². The zero-order valence-corrected chi connectivity index (χ0v) is 16.0. The van der Waals surface area contributed by atoms with Gasteiger partial charge in [-0.15, -0.1) is 11.6 Å². The lowest BCUT2D eigenvalue weighted by Crippen LogP contribution is -1.97. The molecule has 0 N–H and O–H groups in total. The summed E-state index contributed by atoms with van der Waals surface area (Å²) in [7, 11) is 0. The highest BCUT2D eigenvalue weighted by Crippen LogP contribution is 2.35. The fraction of sp³-hybridized carbons (Fsp3) is 0.167. The summed E-state index contributed by atoms with van der Waals surface area (Å²) in [5, 5.41) is 0. The zero-order chi connectivity index (χ0) is 19.1. The van der Waals surface area contributed by atoms with Crippen molar-refractivity contribution in [1.82, 2.24) is 0 Å². The summed E-state index contributed by atoms with van der Waals surface area (Å²) in [4.78, 5) is 0. The van der Waals surface area contributed by atoms with E-state index in [0.717, 1.165) is 33.6 Å². The maximum Gasteiger partial charge on any atom is 0.123 e. The van der Waals surface area contributed by atoms with Crippen molar-refractivity contribution in [2.45, 2.75) is 13.3 Å². The predicted octanol–water partition coefficient (Wildman–Crippen LogP) is 6.81. The van der Waals surface area contributed by atoms with Crippen LogP contribution in [0.4, 0.5) is 4.39 Å². The minimum absolute atomic E-state index is 0.244. The molecular formula is C24H22ClFO. The van der Waals surface area contributed by atoms with Gasteiger partial charge in [-0.3, -0.25) is 0 Å². The minimum Gasteiger partial charge on any atom is -0.494 e. The molecule has 0 bridgehead atoms. The molecule has 0 aliphatic heterocycles. The Hall–Kier alpha value is -2.58. The molecule has 0 spiro atoms. The first kappa shape index (κ1) is 19.2. The largest absolute Gasteiger partial charge is 0.494 e. The molecule has 3 aromatic carbocycles. The number of halogens is 2. The van der Waals surface area contributed by atoms with Crippen LogP contribution in [0.3, 0.4) is 0 Å². The predicted molar refractivity (Wildman–Crippen MR) is 112 cm³/mol. The smallest absolute Gasteiger partial charge is 0.123 e. The Morgan fingerprint density at radius 2 is 1.41 bits per heavy atom. The molecular weight excluding hydrogens is 359 g/mol. The van der Waals surface area contributed by atoms with Gasteiger partial charge in [0.2, 0.25) is 0 Å². The van der Waals surface area contributed by atoms with Crippen molar-refractivity contribution in [1.29, 1.82) is 0 Å². The molecule has 0 saturated carbocycles. The van der Waals surface area contributed by atoms with Gasteiger partial charge in [-0.1, -0.05) is 54.6 Å². The van der Waals surface area contributed by atoms with E-state index in [1.807, 2.05) is 49.4 Å². The van der Waals surface area contributed by atoms with Crippen LogP contribution in [0.1, 0.15) is 30.0 Å². The van der Waals surface area contributed by atoms with Crippen LogP contribution in [-0.4, -0.2) is 12.5 Å². The number of ether oxygens (including phenoxy) is 1. The molecule has 3 heteroatoms. The molecule has 0 aliphatic carbocycles. The summed E-state index contributed by atoms with van der Waals surface area (Å²) >= 11 is 6.13. The molecule has 3 rings (SSSR count). The maximum absolute atomic E-state index is 13.4. The summed E-state index contributed by atoms with van der Waals surface area (Å²) in [6.45, 7) is 2.60. The van der Waals surface area contributed by atoms with Crippen LogP contribution < -0.4 is 4.74 Å². The van der Waals surface area contributed by atoms with Gasteiger partial charge in [-0.25, -0.2) is 4.39 Å². The number of alkyl halides is 1. The highest BCUT2D eigenvalue weighted by Gasteiger charge is 2.14. The summed E-state index contributed by atoms with van der Waals surface area (Å²) in [5.74, 6) is 1.08. The molecule has 0 unspecified atom stereocenters. The zero-order valence-electron chi connectivity index (χ0n) is 15.3. The van der Waals surface area contributed by atoms with Crippen molar-refractivity contribution in [3.05, 3.63) is 101 Å². The molecule has 0 heterocycles. The normalized spacial score (nSPS) is 11.8. The SMILES string of the molecule is CCOc1ccc(C(=C(CCCl)c2ccc(F)cc2)c2ccccc2)cc1. The molecule has 138 valence electrons. The first-order valence-electron chi connectivity index (χ1n) is 9.06. The van der Waals surface area contributed by atoms with Gasteiger partial charge < -0.3 is 4.74 Å². The highest BCUT2D eigenvalue weighted by atomic mass is 35.5. The van der Waals surface area contributed by atoms with Gasteiger partial charge in [0.15, 0.2) is 0 Å². The third kappa shape index (κ3) is 4.78. The molecule has 3 aromatic rings. The van der Waals surface area contributed by atoms with Gasteiger partial charge in [0.05, 0.1) is 6.61 Å². The average molecular weight is 381 g/mol. The summed E-state index contributed by atoms with van der Waals surface area (Å²) in [5.41, 5.74) is 5.36. The van der Waals surface area contributed by atoms with Gasteiger partial charge in [-0.05, 0) is 65.4 Å². The summed E-state index contributed by atoms with van der Waals surface area (Å²) < 4.78 is 19.0. The van der Waals surface area contributed by atoms with Crippen molar-refractivity contribution < 1.29 is 9.13 Å². The van der Waals surface area contributed by atoms with Crippen molar-refractivity contribution in [2.24, 2.45) is 0 Å². The standard InChI is InChI=1S/C24H22ClFO/c1-2-27-22-14-10-20(11-15-22)24(19-6-4-3-5-7-19)23(16-17-25)18-8-12-21(26)13-9-18/h3-15H,2,16-17H2,1H3. The second-order valence-electron chi connectivity index (χ2n) is 6.12. The van der Waals surface area contributed by atoms with Gasteiger partial charge in [-0.2, -0.15) is 0 Å². The van der Waals surface area contributed by atoms with E-state index in [-0.39, 0.29) is 5.82 Å². The first-order valence-corrected chi connectivity index (χ1v) is 9.60. The van der Waals surface area contributed by atoms with Crippen LogP contribution in [0.15, 0.2) is 78.9 Å². The lowest BCUT2D eigenvalue weighted by Gasteiger charge is -2.17. The number of benzene rings is 3. The highest BCUT2D eigenvalue weighted by molar-refractivity contribution is 6.18. The number of hydrogen-bond acceptors (Lipinski definition) is 1. The Labute approximate surface area is 165 Å².